The van der Waals surface area contributed by atoms with E-state index in [0.29, 0.717) is 36.4 Å². The third kappa shape index (κ3) is 7.48. The maximum absolute atomic E-state index is 12.0. The monoisotopic (exact) mass is 546 g/mol. The molecule has 1 N–H and O–H groups in total. The van der Waals surface area contributed by atoms with Crippen molar-refractivity contribution in [3.8, 4) is 5.75 Å². The number of nitrogens with one attached hydrogen (secondary N) is 1. The number of rotatable bonds is 8. The summed E-state index contributed by atoms with van der Waals surface area (Å²) in [6.45, 7) is 0.213. The standard InChI is InChI=1S/C22H15Cl5N2O2S/c23-15-2-4-16(5-3-15)32-12-21(30)29-28-10-14-8-19(26)22(20(27)9-14)31-11-13-1-6-17(24)18(25)7-13/h1-10H,11-12H2,(H,29,30)/b28-10-. The van der Waals surface area contributed by atoms with Crippen LogP contribution in [0.4, 0.5) is 0 Å². The molecule has 0 saturated carbocycles. The summed E-state index contributed by atoms with van der Waals surface area (Å²) in [5, 5.41) is 6.11. The summed E-state index contributed by atoms with van der Waals surface area (Å²) < 4.78 is 5.74. The Morgan fingerprint density at radius 3 is 2.25 bits per heavy atom. The average molecular weight is 549 g/mol. The van der Waals surface area contributed by atoms with E-state index in [4.69, 9.17) is 62.7 Å². The molecule has 0 spiro atoms. The lowest BCUT2D eigenvalue weighted by atomic mass is 10.2. The molecule has 0 radical (unpaired) electrons. The molecule has 3 aromatic rings. The summed E-state index contributed by atoms with van der Waals surface area (Å²) in [4.78, 5) is 12.9. The highest BCUT2D eigenvalue weighted by Crippen LogP contribution is 2.35. The van der Waals surface area contributed by atoms with Crippen LogP contribution in [0.15, 0.2) is 64.6 Å². The number of ether oxygens (including phenoxy) is 1. The first-order chi connectivity index (χ1) is 15.3. The SMILES string of the molecule is O=C(CSc1ccc(Cl)cc1)N/N=C\c1cc(Cl)c(OCc2ccc(Cl)c(Cl)c2)c(Cl)c1. The number of carbonyl (C=O) groups excluding carboxylic acids is 1. The van der Waals surface area contributed by atoms with Crippen molar-refractivity contribution in [1.82, 2.24) is 5.43 Å². The lowest BCUT2D eigenvalue weighted by Crippen LogP contribution is -2.19. The van der Waals surface area contributed by atoms with Crippen LogP contribution in [-0.2, 0) is 11.4 Å². The van der Waals surface area contributed by atoms with Crippen molar-refractivity contribution in [2.75, 3.05) is 5.75 Å². The minimum absolute atomic E-state index is 0.210. The summed E-state index contributed by atoms with van der Waals surface area (Å²) in [6, 6.07) is 15.7. The van der Waals surface area contributed by atoms with Crippen LogP contribution >= 0.6 is 69.8 Å². The summed E-state index contributed by atoms with van der Waals surface area (Å²) in [5.41, 5.74) is 3.89. The fourth-order valence-corrected chi connectivity index (χ4v) is 4.22. The third-order valence-electron chi connectivity index (χ3n) is 3.97. The molecule has 3 rings (SSSR count). The lowest BCUT2D eigenvalue weighted by Gasteiger charge is -2.11. The van der Waals surface area contributed by atoms with Gasteiger partial charge >= 0.3 is 0 Å². The molecule has 0 aromatic heterocycles. The number of hydrazone groups is 1. The Morgan fingerprint density at radius 1 is 0.906 bits per heavy atom. The summed E-state index contributed by atoms with van der Waals surface area (Å²) in [6.07, 6.45) is 1.45. The van der Waals surface area contributed by atoms with E-state index in [2.05, 4.69) is 10.5 Å². The maximum atomic E-state index is 12.0. The molecular formula is C22H15Cl5N2O2S. The molecule has 0 aliphatic heterocycles. The largest absolute Gasteiger partial charge is 0.486 e. The van der Waals surface area contributed by atoms with Gasteiger partial charge in [-0.2, -0.15) is 5.10 Å². The second-order valence-corrected chi connectivity index (χ2v) is 9.50. The quantitative estimate of drug-likeness (QED) is 0.178. The van der Waals surface area contributed by atoms with E-state index in [-0.39, 0.29) is 18.3 Å². The third-order valence-corrected chi connectivity index (χ3v) is 6.54. The molecule has 166 valence electrons. The second kappa shape index (κ2) is 12.0. The zero-order chi connectivity index (χ0) is 23.1. The normalized spacial score (nSPS) is 11.0. The minimum atomic E-state index is -0.250. The van der Waals surface area contributed by atoms with Gasteiger partial charge in [-0.3, -0.25) is 4.79 Å². The molecule has 0 aliphatic carbocycles. The number of hydrogen-bond donors (Lipinski definition) is 1. The molecule has 0 fully saturated rings. The summed E-state index contributed by atoms with van der Waals surface area (Å²) >= 11 is 31.8. The van der Waals surface area contributed by atoms with Gasteiger partial charge in [-0.15, -0.1) is 11.8 Å². The molecular weight excluding hydrogens is 534 g/mol. The minimum Gasteiger partial charge on any atom is -0.486 e. The predicted octanol–water partition coefficient (Wildman–Crippen LogP) is 7.78. The molecule has 4 nitrogen and oxygen atoms in total. The van der Waals surface area contributed by atoms with Crippen LogP contribution in [0.3, 0.4) is 0 Å². The number of hydrogen-bond acceptors (Lipinski definition) is 4. The van der Waals surface area contributed by atoms with Gasteiger partial charge in [0.1, 0.15) is 6.61 Å². The number of thioether (sulfide) groups is 1. The molecule has 0 heterocycles. The highest BCUT2D eigenvalue weighted by molar-refractivity contribution is 8.00. The molecule has 10 heteroatoms. The van der Waals surface area contributed by atoms with Crippen LogP contribution in [0.5, 0.6) is 5.75 Å². The summed E-state index contributed by atoms with van der Waals surface area (Å²) in [7, 11) is 0. The second-order valence-electron chi connectivity index (χ2n) is 6.39. The first-order valence-electron chi connectivity index (χ1n) is 9.08. The fourth-order valence-electron chi connectivity index (χ4n) is 2.47. The van der Waals surface area contributed by atoms with Crippen molar-refractivity contribution in [3.05, 3.63) is 90.8 Å². The zero-order valence-electron chi connectivity index (χ0n) is 16.2. The Hall–Kier alpha value is -1.60. The molecule has 0 atom stereocenters. The van der Waals surface area contributed by atoms with Crippen LogP contribution in [-0.4, -0.2) is 17.9 Å². The Kier molecular flexibility index (Phi) is 9.41. The van der Waals surface area contributed by atoms with Gasteiger partial charge < -0.3 is 4.74 Å². The van der Waals surface area contributed by atoms with Crippen molar-refractivity contribution < 1.29 is 9.53 Å². The molecule has 32 heavy (non-hydrogen) atoms. The first-order valence-corrected chi connectivity index (χ1v) is 12.0. The number of nitrogens with zero attached hydrogens (tertiary/aromatic N) is 1. The van der Waals surface area contributed by atoms with E-state index in [9.17, 15) is 4.79 Å². The molecule has 3 aromatic carbocycles. The van der Waals surface area contributed by atoms with Crippen LogP contribution in [0, 0.1) is 0 Å². The average Bonchev–Trinajstić information content (AvgIpc) is 2.75. The molecule has 0 saturated heterocycles. The zero-order valence-corrected chi connectivity index (χ0v) is 20.8. The highest BCUT2D eigenvalue weighted by Gasteiger charge is 2.10. The Labute approximate surface area is 214 Å². The van der Waals surface area contributed by atoms with Crippen molar-refractivity contribution in [3.63, 3.8) is 0 Å². The van der Waals surface area contributed by atoms with Gasteiger partial charge in [0.05, 0.1) is 32.1 Å². The molecule has 0 unspecified atom stereocenters. The molecule has 0 aliphatic rings. The Morgan fingerprint density at radius 2 is 1.59 bits per heavy atom. The fraction of sp³-hybridized carbons (Fsp3) is 0.0909. The van der Waals surface area contributed by atoms with Gasteiger partial charge in [-0.25, -0.2) is 5.43 Å². The highest BCUT2D eigenvalue weighted by atomic mass is 35.5. The van der Waals surface area contributed by atoms with Crippen molar-refractivity contribution in [1.29, 1.82) is 0 Å². The number of amides is 1. The van der Waals surface area contributed by atoms with Gasteiger partial charge in [-0.05, 0) is 59.7 Å². The van der Waals surface area contributed by atoms with E-state index in [1.54, 1.807) is 42.5 Å². The van der Waals surface area contributed by atoms with Gasteiger partial charge in [0.15, 0.2) is 5.75 Å². The van der Waals surface area contributed by atoms with Crippen molar-refractivity contribution in [2.45, 2.75) is 11.5 Å². The van der Waals surface area contributed by atoms with Crippen LogP contribution in [0.25, 0.3) is 0 Å². The Bertz CT molecular complexity index is 1120. The van der Waals surface area contributed by atoms with E-state index in [1.807, 2.05) is 12.1 Å². The topological polar surface area (TPSA) is 50.7 Å². The number of carbonyl (C=O) groups is 1. The van der Waals surface area contributed by atoms with E-state index < -0.39 is 0 Å². The van der Waals surface area contributed by atoms with E-state index in [1.165, 1.54) is 18.0 Å². The van der Waals surface area contributed by atoms with Crippen LogP contribution in [0.1, 0.15) is 11.1 Å². The van der Waals surface area contributed by atoms with Gasteiger partial charge in [0.2, 0.25) is 5.91 Å². The van der Waals surface area contributed by atoms with Crippen LogP contribution in [0.2, 0.25) is 25.1 Å². The lowest BCUT2D eigenvalue weighted by molar-refractivity contribution is -0.118. The smallest absolute Gasteiger partial charge is 0.250 e. The Balaban J connectivity index is 1.54. The van der Waals surface area contributed by atoms with E-state index >= 15 is 0 Å². The summed E-state index contributed by atoms with van der Waals surface area (Å²) in [5.74, 6) is 0.294. The predicted molar refractivity (Wildman–Crippen MR) is 135 cm³/mol. The van der Waals surface area contributed by atoms with Crippen LogP contribution < -0.4 is 10.2 Å². The number of benzene rings is 3. The van der Waals surface area contributed by atoms with Gasteiger partial charge in [-0.1, -0.05) is 64.1 Å². The maximum Gasteiger partial charge on any atom is 0.250 e. The first kappa shape index (κ1) is 25.0. The number of halogens is 5. The van der Waals surface area contributed by atoms with Crippen molar-refractivity contribution >= 4 is 81.9 Å². The van der Waals surface area contributed by atoms with E-state index in [0.717, 1.165) is 10.5 Å². The van der Waals surface area contributed by atoms with Crippen molar-refractivity contribution in [2.24, 2.45) is 5.10 Å². The molecule has 0 bridgehead atoms. The van der Waals surface area contributed by atoms with Gasteiger partial charge in [0, 0.05) is 9.92 Å². The molecule has 1 amide bonds. The van der Waals surface area contributed by atoms with Gasteiger partial charge in [0.25, 0.3) is 0 Å².